The zero-order valence-corrected chi connectivity index (χ0v) is 16.7. The second kappa shape index (κ2) is 8.52. The molecule has 28 heavy (non-hydrogen) atoms. The molecular formula is C22H23N3O2S. The molecule has 4 rings (SSSR count). The molecule has 1 fully saturated rings. The van der Waals surface area contributed by atoms with E-state index in [-0.39, 0.29) is 5.91 Å². The highest BCUT2D eigenvalue weighted by molar-refractivity contribution is 7.09. The van der Waals surface area contributed by atoms with Crippen molar-refractivity contribution in [3.05, 3.63) is 76.0 Å². The molecule has 2 aromatic heterocycles. The first-order valence-electron chi connectivity index (χ1n) is 9.48. The van der Waals surface area contributed by atoms with Crippen LogP contribution in [-0.2, 0) is 24.4 Å². The number of ether oxygens (including phenoxy) is 1. The van der Waals surface area contributed by atoms with Crippen LogP contribution in [0.25, 0.3) is 0 Å². The molecule has 1 amide bonds. The highest BCUT2D eigenvalue weighted by Crippen LogP contribution is 2.29. The van der Waals surface area contributed by atoms with E-state index in [1.165, 1.54) is 16.9 Å². The second-order valence-electron chi connectivity index (χ2n) is 7.12. The Labute approximate surface area is 169 Å². The summed E-state index contributed by atoms with van der Waals surface area (Å²) >= 11 is 1.54. The summed E-state index contributed by atoms with van der Waals surface area (Å²) in [6.45, 7) is 3.11. The van der Waals surface area contributed by atoms with E-state index in [0.29, 0.717) is 25.6 Å². The van der Waals surface area contributed by atoms with Crippen LogP contribution in [0.1, 0.15) is 34.7 Å². The lowest BCUT2D eigenvalue weighted by molar-refractivity contribution is -0.131. The van der Waals surface area contributed by atoms with Gasteiger partial charge in [-0.2, -0.15) is 0 Å². The predicted molar refractivity (Wildman–Crippen MR) is 109 cm³/mol. The van der Waals surface area contributed by atoms with Crippen LogP contribution in [-0.4, -0.2) is 26.8 Å². The SMILES string of the molecule is Cc1ccc(OCc2nc(CC(=O)N(Cc3ccncc3)C3CC3)cs2)cc1. The van der Waals surface area contributed by atoms with Crippen LogP contribution in [0.5, 0.6) is 5.75 Å². The summed E-state index contributed by atoms with van der Waals surface area (Å²) in [5.74, 6) is 0.964. The summed E-state index contributed by atoms with van der Waals surface area (Å²) in [6.07, 6.45) is 6.05. The van der Waals surface area contributed by atoms with Gasteiger partial charge in [-0.25, -0.2) is 4.98 Å². The Morgan fingerprint density at radius 3 is 2.64 bits per heavy atom. The Kier molecular flexibility index (Phi) is 5.67. The zero-order valence-electron chi connectivity index (χ0n) is 15.9. The summed E-state index contributed by atoms with van der Waals surface area (Å²) in [5, 5.41) is 2.85. The van der Waals surface area contributed by atoms with Crippen molar-refractivity contribution in [1.82, 2.24) is 14.9 Å². The molecule has 1 aliphatic rings. The smallest absolute Gasteiger partial charge is 0.229 e. The van der Waals surface area contributed by atoms with Gasteiger partial charge in [-0.1, -0.05) is 17.7 Å². The highest BCUT2D eigenvalue weighted by atomic mass is 32.1. The first-order valence-corrected chi connectivity index (χ1v) is 10.4. The lowest BCUT2D eigenvalue weighted by Gasteiger charge is -2.22. The van der Waals surface area contributed by atoms with Gasteiger partial charge in [0.1, 0.15) is 17.4 Å². The van der Waals surface area contributed by atoms with Crippen molar-refractivity contribution < 1.29 is 9.53 Å². The second-order valence-corrected chi connectivity index (χ2v) is 8.06. The Balaban J connectivity index is 1.34. The van der Waals surface area contributed by atoms with E-state index < -0.39 is 0 Å². The fourth-order valence-electron chi connectivity index (χ4n) is 3.02. The molecule has 1 aliphatic carbocycles. The minimum absolute atomic E-state index is 0.135. The maximum absolute atomic E-state index is 12.9. The number of hydrogen-bond acceptors (Lipinski definition) is 5. The number of pyridine rings is 1. The van der Waals surface area contributed by atoms with Gasteiger partial charge in [-0.05, 0) is 49.6 Å². The van der Waals surface area contributed by atoms with E-state index in [4.69, 9.17) is 4.74 Å². The number of aryl methyl sites for hydroxylation is 1. The molecule has 1 aromatic carbocycles. The largest absolute Gasteiger partial charge is 0.486 e. The highest BCUT2D eigenvalue weighted by Gasteiger charge is 2.32. The van der Waals surface area contributed by atoms with E-state index in [2.05, 4.69) is 9.97 Å². The third-order valence-corrected chi connectivity index (χ3v) is 5.60. The molecule has 0 atom stereocenters. The maximum atomic E-state index is 12.9. The van der Waals surface area contributed by atoms with Crippen molar-refractivity contribution in [1.29, 1.82) is 0 Å². The third kappa shape index (κ3) is 4.95. The minimum atomic E-state index is 0.135. The van der Waals surface area contributed by atoms with Crippen molar-refractivity contribution in [3.8, 4) is 5.75 Å². The van der Waals surface area contributed by atoms with Crippen LogP contribution in [0.15, 0.2) is 54.2 Å². The number of carbonyl (C=O) groups excluding carboxylic acids is 1. The third-order valence-electron chi connectivity index (χ3n) is 4.73. The summed E-state index contributed by atoms with van der Waals surface area (Å²) in [6, 6.07) is 12.3. The van der Waals surface area contributed by atoms with E-state index in [0.717, 1.165) is 34.9 Å². The summed E-state index contributed by atoms with van der Waals surface area (Å²) < 4.78 is 5.79. The normalized spacial score (nSPS) is 13.3. The van der Waals surface area contributed by atoms with Crippen molar-refractivity contribution in [2.75, 3.05) is 0 Å². The van der Waals surface area contributed by atoms with E-state index in [1.807, 2.05) is 53.6 Å². The fourth-order valence-corrected chi connectivity index (χ4v) is 3.73. The lowest BCUT2D eigenvalue weighted by Crippen LogP contribution is -2.33. The van der Waals surface area contributed by atoms with Gasteiger partial charge >= 0.3 is 0 Å². The van der Waals surface area contributed by atoms with Crippen LogP contribution in [0.3, 0.4) is 0 Å². The Bertz CT molecular complexity index is 920. The van der Waals surface area contributed by atoms with E-state index in [1.54, 1.807) is 12.4 Å². The minimum Gasteiger partial charge on any atom is -0.486 e. The molecule has 0 N–H and O–H groups in total. The maximum Gasteiger partial charge on any atom is 0.229 e. The fraction of sp³-hybridized carbons (Fsp3) is 0.318. The Morgan fingerprint density at radius 1 is 1.18 bits per heavy atom. The molecular weight excluding hydrogens is 370 g/mol. The van der Waals surface area contributed by atoms with Crippen molar-refractivity contribution in [2.45, 2.75) is 45.4 Å². The molecule has 6 heteroatoms. The number of benzene rings is 1. The van der Waals surface area contributed by atoms with Crippen molar-refractivity contribution in [2.24, 2.45) is 0 Å². The summed E-state index contributed by atoms with van der Waals surface area (Å²) in [5.41, 5.74) is 3.13. The molecule has 0 radical (unpaired) electrons. The molecule has 1 saturated carbocycles. The van der Waals surface area contributed by atoms with Crippen LogP contribution in [0, 0.1) is 6.92 Å². The average Bonchev–Trinajstić information content (AvgIpc) is 3.46. The van der Waals surface area contributed by atoms with Gasteiger partial charge in [0.25, 0.3) is 0 Å². The number of hydrogen-bond donors (Lipinski definition) is 0. The molecule has 0 aliphatic heterocycles. The van der Waals surface area contributed by atoms with Crippen LogP contribution in [0.2, 0.25) is 0 Å². The average molecular weight is 394 g/mol. The number of rotatable bonds is 8. The Hall–Kier alpha value is -2.73. The quantitative estimate of drug-likeness (QED) is 0.577. The van der Waals surface area contributed by atoms with Gasteiger partial charge in [0.05, 0.1) is 12.1 Å². The number of amides is 1. The predicted octanol–water partition coefficient (Wildman–Crippen LogP) is 4.16. The van der Waals surface area contributed by atoms with Gasteiger partial charge in [0, 0.05) is 30.4 Å². The molecule has 3 aromatic rings. The zero-order chi connectivity index (χ0) is 19.3. The van der Waals surface area contributed by atoms with Crippen molar-refractivity contribution >= 4 is 17.2 Å². The standard InChI is InChI=1S/C22H23N3O2S/c1-16-2-6-20(7-3-16)27-14-21-24-18(15-28-21)12-22(26)25(19-4-5-19)13-17-8-10-23-11-9-17/h2-3,6-11,15,19H,4-5,12-14H2,1H3. The first-order chi connectivity index (χ1) is 13.7. The monoisotopic (exact) mass is 393 g/mol. The molecule has 0 spiro atoms. The van der Waals surface area contributed by atoms with Gasteiger partial charge in [-0.15, -0.1) is 11.3 Å². The number of carbonyl (C=O) groups is 1. The molecule has 5 nitrogen and oxygen atoms in total. The van der Waals surface area contributed by atoms with Crippen LogP contribution >= 0.6 is 11.3 Å². The van der Waals surface area contributed by atoms with E-state index in [9.17, 15) is 4.79 Å². The topological polar surface area (TPSA) is 55.3 Å². The summed E-state index contributed by atoms with van der Waals surface area (Å²) in [7, 11) is 0. The molecule has 144 valence electrons. The van der Waals surface area contributed by atoms with Gasteiger partial charge in [-0.3, -0.25) is 9.78 Å². The molecule has 0 unspecified atom stereocenters. The number of aromatic nitrogens is 2. The number of thiazole rings is 1. The first kappa shape index (κ1) is 18.6. The van der Waals surface area contributed by atoms with Gasteiger partial charge in [0.2, 0.25) is 5.91 Å². The van der Waals surface area contributed by atoms with E-state index >= 15 is 0 Å². The van der Waals surface area contributed by atoms with Crippen molar-refractivity contribution in [3.63, 3.8) is 0 Å². The molecule has 0 bridgehead atoms. The van der Waals surface area contributed by atoms with Gasteiger partial charge < -0.3 is 9.64 Å². The number of nitrogens with zero attached hydrogens (tertiary/aromatic N) is 3. The van der Waals surface area contributed by atoms with Crippen LogP contribution < -0.4 is 4.74 Å². The Morgan fingerprint density at radius 2 is 1.93 bits per heavy atom. The van der Waals surface area contributed by atoms with Crippen LogP contribution in [0.4, 0.5) is 0 Å². The van der Waals surface area contributed by atoms with Gasteiger partial charge in [0.15, 0.2) is 0 Å². The lowest BCUT2D eigenvalue weighted by atomic mass is 10.2. The summed E-state index contributed by atoms with van der Waals surface area (Å²) in [4.78, 5) is 23.5. The molecule has 0 saturated heterocycles. The molecule has 2 heterocycles.